The van der Waals surface area contributed by atoms with Crippen LogP contribution in [0.25, 0.3) is 5.69 Å². The third-order valence-electron chi connectivity index (χ3n) is 7.28. The van der Waals surface area contributed by atoms with Crippen LogP contribution in [0.3, 0.4) is 0 Å². The summed E-state index contributed by atoms with van der Waals surface area (Å²) in [4.78, 5) is 48.3. The number of carbonyl (C=O) groups is 2. The number of hydrogen-bond acceptors (Lipinski definition) is 7. The van der Waals surface area contributed by atoms with Gasteiger partial charge in [0.05, 0.1) is 11.2 Å². The maximum atomic E-state index is 13.1. The second kappa shape index (κ2) is 11.2. The largest absolute Gasteiger partial charge is 0.354 e. The van der Waals surface area contributed by atoms with Gasteiger partial charge in [-0.15, -0.1) is 0 Å². The topological polar surface area (TPSA) is 143 Å². The number of likely N-dealkylation sites (tertiary alicyclic amines) is 1. The number of rotatable bonds is 5. The Hall–Kier alpha value is -3.28. The van der Waals surface area contributed by atoms with Gasteiger partial charge >= 0.3 is 11.7 Å². The van der Waals surface area contributed by atoms with Crippen molar-refractivity contribution < 1.29 is 9.59 Å². The monoisotopic (exact) mass is 524 g/mol. The van der Waals surface area contributed by atoms with E-state index in [9.17, 15) is 14.4 Å². The fraction of sp³-hybridized carbons (Fsp3) is 0.556. The molecule has 4 rings (SSSR count). The zero-order valence-electron chi connectivity index (χ0n) is 22.8. The van der Waals surface area contributed by atoms with Crippen molar-refractivity contribution in [1.82, 2.24) is 24.3 Å². The third-order valence-corrected chi connectivity index (χ3v) is 7.28. The smallest absolute Gasteiger partial charge is 0.337 e. The summed E-state index contributed by atoms with van der Waals surface area (Å²) >= 11 is 0. The summed E-state index contributed by atoms with van der Waals surface area (Å²) in [5.41, 5.74) is 12.4. The summed E-state index contributed by atoms with van der Waals surface area (Å²) in [6.07, 6.45) is 3.64. The lowest BCUT2D eigenvalue weighted by Crippen LogP contribution is -2.64. The Morgan fingerprint density at radius 1 is 1.05 bits per heavy atom. The highest BCUT2D eigenvalue weighted by Crippen LogP contribution is 2.20. The Balaban J connectivity index is 1.38. The number of nitrogens with zero attached hydrogens (tertiary/aromatic N) is 5. The summed E-state index contributed by atoms with van der Waals surface area (Å²) in [7, 11) is 0. The number of anilines is 1. The van der Waals surface area contributed by atoms with Gasteiger partial charge in [0.2, 0.25) is 5.91 Å². The maximum Gasteiger partial charge on any atom is 0.354 e. The zero-order chi connectivity index (χ0) is 27.6. The minimum absolute atomic E-state index is 0.147. The van der Waals surface area contributed by atoms with Crippen LogP contribution in [0.4, 0.5) is 10.6 Å². The molecule has 0 bridgehead atoms. The normalized spacial score (nSPS) is 21.4. The van der Waals surface area contributed by atoms with E-state index < -0.39 is 11.2 Å². The Morgan fingerprint density at radius 3 is 2.21 bits per heavy atom. The number of nitrogens with one attached hydrogen (secondary N) is 1. The van der Waals surface area contributed by atoms with Crippen molar-refractivity contribution >= 4 is 17.8 Å². The first kappa shape index (κ1) is 27.7. The lowest BCUT2D eigenvalue weighted by molar-refractivity contribution is -0.139. The van der Waals surface area contributed by atoms with Crippen LogP contribution in [-0.4, -0.2) is 86.0 Å². The summed E-state index contributed by atoms with van der Waals surface area (Å²) < 4.78 is 1.45. The van der Waals surface area contributed by atoms with Gasteiger partial charge in [0.1, 0.15) is 5.82 Å². The number of piperidine rings is 1. The SMILES string of the molecule is CC1CN(C(=O)C(C)(C)N)CC(C)N1C(=O)Nc1ccn(-c2ccc(CN3CCC(N)CC3)cc2)c(=O)n1. The predicted octanol–water partition coefficient (Wildman–Crippen LogP) is 1.35. The van der Waals surface area contributed by atoms with E-state index in [1.165, 1.54) is 10.1 Å². The van der Waals surface area contributed by atoms with Crippen LogP contribution < -0.4 is 22.5 Å². The van der Waals surface area contributed by atoms with Gasteiger partial charge in [-0.3, -0.25) is 19.6 Å². The van der Waals surface area contributed by atoms with E-state index in [2.05, 4.69) is 15.2 Å². The molecule has 0 radical (unpaired) electrons. The van der Waals surface area contributed by atoms with Crippen molar-refractivity contribution in [3.8, 4) is 5.69 Å². The Kier molecular flexibility index (Phi) is 8.19. The van der Waals surface area contributed by atoms with Gasteiger partial charge in [0.15, 0.2) is 0 Å². The van der Waals surface area contributed by atoms with Crippen molar-refractivity contribution in [2.75, 3.05) is 31.5 Å². The molecule has 2 saturated heterocycles. The lowest BCUT2D eigenvalue weighted by Gasteiger charge is -2.45. The molecule has 3 amide bonds. The number of aromatic nitrogens is 2. The van der Waals surface area contributed by atoms with Gasteiger partial charge in [-0.05, 0) is 77.4 Å². The number of amides is 3. The molecule has 1 aromatic heterocycles. The van der Waals surface area contributed by atoms with E-state index in [0.29, 0.717) is 24.8 Å². The molecule has 2 atom stereocenters. The zero-order valence-corrected chi connectivity index (χ0v) is 22.8. The van der Waals surface area contributed by atoms with Gasteiger partial charge in [-0.1, -0.05) is 12.1 Å². The lowest BCUT2D eigenvalue weighted by atomic mass is 10.0. The molecule has 2 aliphatic heterocycles. The van der Waals surface area contributed by atoms with E-state index in [1.54, 1.807) is 35.9 Å². The van der Waals surface area contributed by atoms with Gasteiger partial charge in [0, 0.05) is 44.0 Å². The molecule has 0 spiro atoms. The first-order valence-corrected chi connectivity index (χ1v) is 13.3. The van der Waals surface area contributed by atoms with Crippen LogP contribution in [0.2, 0.25) is 0 Å². The van der Waals surface area contributed by atoms with Crippen LogP contribution in [0.5, 0.6) is 0 Å². The highest BCUT2D eigenvalue weighted by Gasteiger charge is 2.38. The molecule has 5 N–H and O–H groups in total. The Bertz CT molecular complexity index is 1190. The first-order valence-electron chi connectivity index (χ1n) is 13.3. The van der Waals surface area contributed by atoms with Crippen molar-refractivity contribution in [1.29, 1.82) is 0 Å². The Morgan fingerprint density at radius 2 is 1.66 bits per heavy atom. The molecule has 38 heavy (non-hydrogen) atoms. The molecule has 2 unspecified atom stereocenters. The molecule has 2 aromatic rings. The minimum atomic E-state index is -0.972. The summed E-state index contributed by atoms with van der Waals surface area (Å²) in [6, 6.07) is 8.93. The number of piperazine rings is 1. The van der Waals surface area contributed by atoms with E-state index in [-0.39, 0.29) is 29.8 Å². The van der Waals surface area contributed by atoms with Crippen molar-refractivity contribution in [3.63, 3.8) is 0 Å². The molecule has 0 saturated carbocycles. The fourth-order valence-electron chi connectivity index (χ4n) is 5.27. The number of urea groups is 1. The summed E-state index contributed by atoms with van der Waals surface area (Å²) in [5, 5.41) is 2.74. The molecule has 1 aromatic carbocycles. The molecule has 2 fully saturated rings. The van der Waals surface area contributed by atoms with Crippen LogP contribution in [0.1, 0.15) is 46.1 Å². The van der Waals surface area contributed by atoms with Gasteiger partial charge < -0.3 is 21.3 Å². The van der Waals surface area contributed by atoms with Gasteiger partial charge in [-0.2, -0.15) is 4.98 Å². The highest BCUT2D eigenvalue weighted by molar-refractivity contribution is 5.89. The molecular formula is C27H40N8O3. The molecular weight excluding hydrogens is 484 g/mol. The predicted molar refractivity (Wildman–Crippen MR) is 147 cm³/mol. The van der Waals surface area contributed by atoms with E-state index in [0.717, 1.165) is 32.5 Å². The first-order chi connectivity index (χ1) is 17.9. The van der Waals surface area contributed by atoms with E-state index >= 15 is 0 Å². The second-order valence-corrected chi connectivity index (χ2v) is 11.2. The number of hydrogen-bond donors (Lipinski definition) is 3. The van der Waals surface area contributed by atoms with Crippen LogP contribution >= 0.6 is 0 Å². The van der Waals surface area contributed by atoms with E-state index in [1.807, 2.05) is 38.1 Å². The van der Waals surface area contributed by atoms with Crippen molar-refractivity contribution in [3.05, 3.63) is 52.6 Å². The third kappa shape index (κ3) is 6.40. The number of benzene rings is 1. The number of carbonyl (C=O) groups excluding carboxylic acids is 2. The van der Waals surface area contributed by atoms with Crippen molar-refractivity contribution in [2.24, 2.45) is 11.5 Å². The molecule has 206 valence electrons. The fourth-order valence-corrected chi connectivity index (χ4v) is 5.27. The average Bonchev–Trinajstić information content (AvgIpc) is 2.84. The Labute approximate surface area is 223 Å². The van der Waals surface area contributed by atoms with Crippen LogP contribution in [0, 0.1) is 0 Å². The summed E-state index contributed by atoms with van der Waals surface area (Å²) in [5.74, 6) is 0.0305. The molecule has 11 nitrogen and oxygen atoms in total. The van der Waals surface area contributed by atoms with Crippen LogP contribution in [-0.2, 0) is 11.3 Å². The molecule has 0 aliphatic carbocycles. The van der Waals surface area contributed by atoms with Crippen molar-refractivity contribution in [2.45, 2.75) is 70.7 Å². The highest BCUT2D eigenvalue weighted by atomic mass is 16.2. The number of nitrogens with two attached hydrogens (primary N) is 2. The standard InChI is InChI=1S/C27H40N8O3/c1-18-15-33(24(36)27(3,4)29)16-19(2)35(18)26(38)31-23-11-14-34(25(37)30-23)22-7-5-20(6-8-22)17-32-12-9-21(28)10-13-32/h5-8,11,14,18-19,21H,9-10,12-13,15-17,28-29H2,1-4H3,(H,30,31,37,38). The van der Waals surface area contributed by atoms with Crippen LogP contribution in [0.15, 0.2) is 41.3 Å². The van der Waals surface area contributed by atoms with Gasteiger partial charge in [-0.25, -0.2) is 9.59 Å². The molecule has 11 heteroatoms. The van der Waals surface area contributed by atoms with E-state index in [4.69, 9.17) is 11.5 Å². The van der Waals surface area contributed by atoms with Gasteiger partial charge in [0.25, 0.3) is 0 Å². The summed E-state index contributed by atoms with van der Waals surface area (Å²) in [6.45, 7) is 10.7. The maximum absolute atomic E-state index is 13.1. The molecule has 3 heterocycles. The average molecular weight is 525 g/mol. The quantitative estimate of drug-likeness (QED) is 0.536. The second-order valence-electron chi connectivity index (χ2n) is 11.2. The molecule has 2 aliphatic rings. The minimum Gasteiger partial charge on any atom is -0.337 e.